The molecule has 1 fully saturated rings. The average molecular weight is 338 g/mol. The summed E-state index contributed by atoms with van der Waals surface area (Å²) in [4.78, 5) is 25.2. The van der Waals surface area contributed by atoms with Gasteiger partial charge in [-0.1, -0.05) is 30.3 Å². The molecule has 0 spiro atoms. The maximum Gasteiger partial charge on any atom is 0.315 e. The predicted octanol–water partition coefficient (Wildman–Crippen LogP) is 2.50. The highest BCUT2D eigenvalue weighted by Crippen LogP contribution is 2.32. The molecular formula is C20H22N2O3. The standard InChI is InChI=1S/C20H22N2O3/c23-19(14-5-2-1-3-6-14)18-9-8-17-16(10-12-22(17)18)20(24)25-13-15-7-4-11-21-15/h1-3,5-6,8-9,15-16,21H,4,7,10-13H2. The zero-order valence-corrected chi connectivity index (χ0v) is 14.1. The average Bonchev–Trinajstić information content (AvgIpc) is 3.37. The second kappa shape index (κ2) is 6.84. The fourth-order valence-corrected chi connectivity index (χ4v) is 3.80. The van der Waals surface area contributed by atoms with Crippen molar-refractivity contribution in [3.8, 4) is 0 Å². The van der Waals surface area contributed by atoms with Crippen LogP contribution in [0.15, 0.2) is 42.5 Å². The lowest BCUT2D eigenvalue weighted by Gasteiger charge is -2.13. The van der Waals surface area contributed by atoms with E-state index in [1.165, 1.54) is 0 Å². The molecule has 0 radical (unpaired) electrons. The first kappa shape index (κ1) is 16.1. The SMILES string of the molecule is O=C(c1ccccc1)c1ccc2n1CCC2C(=O)OCC1CCCN1. The van der Waals surface area contributed by atoms with Crippen molar-refractivity contribution in [3.63, 3.8) is 0 Å². The first-order chi connectivity index (χ1) is 12.2. The highest BCUT2D eigenvalue weighted by molar-refractivity contribution is 6.08. The van der Waals surface area contributed by atoms with Crippen LogP contribution in [0.5, 0.6) is 0 Å². The van der Waals surface area contributed by atoms with Gasteiger partial charge in [0.2, 0.25) is 5.78 Å². The molecule has 2 aliphatic heterocycles. The minimum absolute atomic E-state index is 0.00368. The quantitative estimate of drug-likeness (QED) is 0.672. The number of esters is 1. The summed E-state index contributed by atoms with van der Waals surface area (Å²) >= 11 is 0. The molecule has 0 amide bonds. The summed E-state index contributed by atoms with van der Waals surface area (Å²) < 4.78 is 7.49. The molecule has 2 unspecified atom stereocenters. The van der Waals surface area contributed by atoms with Crippen LogP contribution in [0.25, 0.3) is 0 Å². The number of aromatic nitrogens is 1. The molecule has 0 bridgehead atoms. The van der Waals surface area contributed by atoms with Crippen LogP contribution in [0.2, 0.25) is 0 Å². The van der Waals surface area contributed by atoms with E-state index in [2.05, 4.69) is 5.32 Å². The third kappa shape index (κ3) is 3.12. The van der Waals surface area contributed by atoms with Crippen molar-refractivity contribution in [3.05, 3.63) is 59.4 Å². The van der Waals surface area contributed by atoms with Crippen LogP contribution in [0.1, 0.15) is 46.9 Å². The van der Waals surface area contributed by atoms with Crippen molar-refractivity contribution in [2.24, 2.45) is 0 Å². The zero-order valence-electron chi connectivity index (χ0n) is 14.1. The summed E-state index contributed by atoms with van der Waals surface area (Å²) in [5.41, 5.74) is 2.21. The van der Waals surface area contributed by atoms with Crippen LogP contribution in [0, 0.1) is 0 Å². The van der Waals surface area contributed by atoms with Crippen molar-refractivity contribution in [2.45, 2.75) is 37.8 Å². The van der Waals surface area contributed by atoms with Crippen molar-refractivity contribution >= 4 is 11.8 Å². The number of fused-ring (bicyclic) bond motifs is 1. The molecule has 1 aromatic carbocycles. The van der Waals surface area contributed by atoms with Gasteiger partial charge in [-0.2, -0.15) is 0 Å². The van der Waals surface area contributed by atoms with Gasteiger partial charge in [-0.05, 0) is 37.9 Å². The monoisotopic (exact) mass is 338 g/mol. The molecule has 5 nitrogen and oxygen atoms in total. The van der Waals surface area contributed by atoms with Crippen molar-refractivity contribution in [1.82, 2.24) is 9.88 Å². The third-order valence-corrected chi connectivity index (χ3v) is 5.16. The highest BCUT2D eigenvalue weighted by Gasteiger charge is 2.33. The molecule has 0 saturated carbocycles. The summed E-state index contributed by atoms with van der Waals surface area (Å²) in [6, 6.07) is 13.2. The summed E-state index contributed by atoms with van der Waals surface area (Å²) in [6.45, 7) is 2.11. The van der Waals surface area contributed by atoms with E-state index in [-0.39, 0.29) is 23.7 Å². The molecule has 130 valence electrons. The number of nitrogens with one attached hydrogen (secondary N) is 1. The molecule has 2 atom stereocenters. The normalized spacial score (nSPS) is 21.9. The van der Waals surface area contributed by atoms with Crippen LogP contribution in [-0.4, -0.2) is 35.5 Å². The number of hydrogen-bond acceptors (Lipinski definition) is 4. The molecule has 3 heterocycles. The van der Waals surface area contributed by atoms with Crippen LogP contribution >= 0.6 is 0 Å². The number of ether oxygens (including phenoxy) is 1. The minimum Gasteiger partial charge on any atom is -0.464 e. The Morgan fingerprint density at radius 2 is 1.96 bits per heavy atom. The van der Waals surface area contributed by atoms with Crippen molar-refractivity contribution in [1.29, 1.82) is 0 Å². The van der Waals surface area contributed by atoms with E-state index >= 15 is 0 Å². The van der Waals surface area contributed by atoms with Crippen LogP contribution in [0.3, 0.4) is 0 Å². The molecule has 1 aromatic heterocycles. The van der Waals surface area contributed by atoms with Gasteiger partial charge < -0.3 is 14.6 Å². The Bertz CT molecular complexity index is 775. The van der Waals surface area contributed by atoms with Gasteiger partial charge in [0.05, 0.1) is 11.6 Å². The van der Waals surface area contributed by atoms with E-state index in [0.29, 0.717) is 30.8 Å². The van der Waals surface area contributed by atoms with Gasteiger partial charge in [-0.15, -0.1) is 0 Å². The second-order valence-corrected chi connectivity index (χ2v) is 6.75. The lowest BCUT2D eigenvalue weighted by atomic mass is 10.1. The summed E-state index contributed by atoms with van der Waals surface area (Å²) in [5, 5.41) is 3.33. The molecule has 25 heavy (non-hydrogen) atoms. The van der Waals surface area contributed by atoms with Crippen LogP contribution < -0.4 is 5.32 Å². The topological polar surface area (TPSA) is 60.3 Å². The van der Waals surface area contributed by atoms with E-state index in [9.17, 15) is 9.59 Å². The zero-order chi connectivity index (χ0) is 17.2. The minimum atomic E-state index is -0.265. The number of carbonyl (C=O) groups is 2. The number of ketones is 1. The van der Waals surface area contributed by atoms with Crippen LogP contribution in [0.4, 0.5) is 0 Å². The molecule has 4 rings (SSSR count). The van der Waals surface area contributed by atoms with Gasteiger partial charge in [0, 0.05) is 23.8 Å². The maximum atomic E-state index is 12.7. The Morgan fingerprint density at radius 1 is 1.12 bits per heavy atom. The molecular weight excluding hydrogens is 316 g/mol. The predicted molar refractivity (Wildman–Crippen MR) is 93.6 cm³/mol. The van der Waals surface area contributed by atoms with Crippen molar-refractivity contribution in [2.75, 3.05) is 13.2 Å². The number of hydrogen-bond donors (Lipinski definition) is 1. The van der Waals surface area contributed by atoms with Gasteiger partial charge in [0.25, 0.3) is 0 Å². The summed E-state index contributed by atoms with van der Waals surface area (Å²) in [7, 11) is 0. The Kier molecular flexibility index (Phi) is 4.40. The van der Waals surface area contributed by atoms with E-state index < -0.39 is 0 Å². The van der Waals surface area contributed by atoms with Gasteiger partial charge in [-0.3, -0.25) is 9.59 Å². The molecule has 1 saturated heterocycles. The number of nitrogens with zero attached hydrogens (tertiary/aromatic N) is 1. The lowest BCUT2D eigenvalue weighted by Crippen LogP contribution is -2.29. The molecule has 2 aromatic rings. The lowest BCUT2D eigenvalue weighted by molar-refractivity contribution is -0.146. The maximum absolute atomic E-state index is 12.7. The van der Waals surface area contributed by atoms with Gasteiger partial charge in [-0.25, -0.2) is 0 Å². The summed E-state index contributed by atoms with van der Waals surface area (Å²) in [5.74, 6) is -0.445. The molecule has 1 N–H and O–H groups in total. The first-order valence-electron chi connectivity index (χ1n) is 8.93. The molecule has 5 heteroatoms. The Labute approximate surface area is 147 Å². The van der Waals surface area contributed by atoms with E-state index in [4.69, 9.17) is 4.74 Å². The third-order valence-electron chi connectivity index (χ3n) is 5.16. The molecule has 2 aliphatic rings. The van der Waals surface area contributed by atoms with E-state index in [1.54, 1.807) is 0 Å². The first-order valence-corrected chi connectivity index (χ1v) is 8.93. The van der Waals surface area contributed by atoms with Gasteiger partial charge in [0.1, 0.15) is 6.61 Å². The van der Waals surface area contributed by atoms with Gasteiger partial charge in [0.15, 0.2) is 0 Å². The Morgan fingerprint density at radius 3 is 2.72 bits per heavy atom. The Balaban J connectivity index is 1.47. The highest BCUT2D eigenvalue weighted by atomic mass is 16.5. The van der Waals surface area contributed by atoms with E-state index in [0.717, 1.165) is 25.1 Å². The largest absolute Gasteiger partial charge is 0.464 e. The van der Waals surface area contributed by atoms with Crippen LogP contribution in [-0.2, 0) is 16.1 Å². The Hall–Kier alpha value is -2.40. The smallest absolute Gasteiger partial charge is 0.315 e. The summed E-state index contributed by atoms with van der Waals surface area (Å²) in [6.07, 6.45) is 2.89. The second-order valence-electron chi connectivity index (χ2n) is 6.75. The van der Waals surface area contributed by atoms with Gasteiger partial charge >= 0.3 is 5.97 Å². The van der Waals surface area contributed by atoms with Crippen molar-refractivity contribution < 1.29 is 14.3 Å². The number of benzene rings is 1. The number of carbonyl (C=O) groups excluding carboxylic acids is 2. The van der Waals surface area contributed by atoms with E-state index in [1.807, 2.05) is 47.0 Å². The fraction of sp³-hybridized carbons (Fsp3) is 0.400. The number of rotatable bonds is 5. The molecule has 0 aliphatic carbocycles. The fourth-order valence-electron chi connectivity index (χ4n) is 3.80.